The first-order valence-electron chi connectivity index (χ1n) is 11.6. The Morgan fingerprint density at radius 1 is 0.588 bits per heavy atom. The summed E-state index contributed by atoms with van der Waals surface area (Å²) in [6.07, 6.45) is 3.53. The van der Waals surface area contributed by atoms with Crippen LogP contribution < -0.4 is 14.8 Å². The summed E-state index contributed by atoms with van der Waals surface area (Å²) in [5.74, 6) is 2.43. The molecule has 0 aliphatic heterocycles. The second kappa shape index (κ2) is 11.8. The number of nitrogens with one attached hydrogen (secondary N) is 1. The molecule has 4 aromatic rings. The molecular formula is C29H31N3O2. The number of methoxy groups -OCH3 is 2. The zero-order valence-electron chi connectivity index (χ0n) is 19.8. The van der Waals surface area contributed by atoms with Crippen molar-refractivity contribution in [1.82, 2.24) is 9.97 Å². The molecular weight excluding hydrogens is 422 g/mol. The minimum Gasteiger partial charge on any atom is -0.497 e. The van der Waals surface area contributed by atoms with E-state index in [1.807, 2.05) is 42.5 Å². The number of benzene rings is 3. The Morgan fingerprint density at radius 2 is 1.09 bits per heavy atom. The molecule has 5 heteroatoms. The highest BCUT2D eigenvalue weighted by molar-refractivity contribution is 5.33. The second-order valence-corrected chi connectivity index (χ2v) is 8.21. The first-order chi connectivity index (χ1) is 16.7. The first kappa shape index (κ1) is 23.3. The summed E-state index contributed by atoms with van der Waals surface area (Å²) in [5, 5.41) is 3.41. The van der Waals surface area contributed by atoms with E-state index in [0.29, 0.717) is 12.5 Å². The highest BCUT2D eigenvalue weighted by atomic mass is 16.5. The van der Waals surface area contributed by atoms with Gasteiger partial charge in [0.1, 0.15) is 11.5 Å². The molecule has 0 aliphatic carbocycles. The van der Waals surface area contributed by atoms with E-state index in [9.17, 15) is 0 Å². The van der Waals surface area contributed by atoms with E-state index < -0.39 is 0 Å². The van der Waals surface area contributed by atoms with Crippen molar-refractivity contribution < 1.29 is 9.47 Å². The minimum atomic E-state index is 0.681. The van der Waals surface area contributed by atoms with Crippen LogP contribution in [0.2, 0.25) is 0 Å². The Morgan fingerprint density at radius 3 is 1.56 bits per heavy atom. The number of nitrogens with zero attached hydrogens (tertiary/aromatic N) is 2. The maximum atomic E-state index is 5.27. The normalized spacial score (nSPS) is 10.6. The molecule has 0 saturated heterocycles. The molecule has 0 spiro atoms. The Kier molecular flexibility index (Phi) is 8.12. The van der Waals surface area contributed by atoms with Crippen molar-refractivity contribution in [3.63, 3.8) is 0 Å². The van der Waals surface area contributed by atoms with E-state index in [0.717, 1.165) is 48.6 Å². The van der Waals surface area contributed by atoms with Crippen LogP contribution in [0.1, 0.15) is 28.1 Å². The molecule has 0 radical (unpaired) electrons. The third kappa shape index (κ3) is 6.82. The predicted molar refractivity (Wildman–Crippen MR) is 137 cm³/mol. The molecule has 0 saturated carbocycles. The number of anilines is 1. The minimum absolute atomic E-state index is 0.681. The van der Waals surface area contributed by atoms with Gasteiger partial charge in [0.15, 0.2) is 0 Å². The third-order valence-corrected chi connectivity index (χ3v) is 5.78. The van der Waals surface area contributed by atoms with Gasteiger partial charge in [0.2, 0.25) is 5.95 Å². The lowest BCUT2D eigenvalue weighted by atomic mass is 10.1. The quantitative estimate of drug-likeness (QED) is 0.317. The van der Waals surface area contributed by atoms with Gasteiger partial charge in [-0.25, -0.2) is 9.97 Å². The molecule has 0 atom stereocenters. The Balaban J connectivity index is 1.46. The fraction of sp³-hybridized carbons (Fsp3) is 0.241. The molecule has 0 aliphatic rings. The van der Waals surface area contributed by atoms with Crippen molar-refractivity contribution in [2.75, 3.05) is 19.5 Å². The fourth-order valence-electron chi connectivity index (χ4n) is 3.80. The monoisotopic (exact) mass is 453 g/mol. The van der Waals surface area contributed by atoms with Crippen LogP contribution in [-0.2, 0) is 32.2 Å². The van der Waals surface area contributed by atoms with Gasteiger partial charge in [-0.15, -0.1) is 0 Å². The lowest BCUT2D eigenvalue weighted by Crippen LogP contribution is -2.09. The molecule has 0 amide bonds. The second-order valence-electron chi connectivity index (χ2n) is 8.21. The summed E-state index contributed by atoms with van der Waals surface area (Å²) >= 11 is 0. The van der Waals surface area contributed by atoms with Gasteiger partial charge in [-0.05, 0) is 72.7 Å². The van der Waals surface area contributed by atoms with Gasteiger partial charge in [-0.1, -0.05) is 54.6 Å². The summed E-state index contributed by atoms with van der Waals surface area (Å²) in [4.78, 5) is 9.62. The maximum Gasteiger partial charge on any atom is 0.223 e. The Hall–Kier alpha value is -3.86. The van der Waals surface area contributed by atoms with Crippen LogP contribution in [0.25, 0.3) is 0 Å². The number of aryl methyl sites for hydroxylation is 4. The molecule has 0 bridgehead atoms. The van der Waals surface area contributed by atoms with E-state index in [1.165, 1.54) is 16.7 Å². The van der Waals surface area contributed by atoms with Crippen molar-refractivity contribution in [1.29, 1.82) is 0 Å². The van der Waals surface area contributed by atoms with E-state index in [4.69, 9.17) is 19.4 Å². The van der Waals surface area contributed by atoms with Gasteiger partial charge in [0, 0.05) is 17.9 Å². The fourth-order valence-corrected chi connectivity index (χ4v) is 3.80. The predicted octanol–water partition coefficient (Wildman–Crippen LogP) is 5.68. The number of ether oxygens (including phenoxy) is 2. The number of hydrogen-bond donors (Lipinski definition) is 1. The average Bonchev–Trinajstić information content (AvgIpc) is 2.90. The lowest BCUT2D eigenvalue weighted by molar-refractivity contribution is 0.414. The van der Waals surface area contributed by atoms with Crippen LogP contribution >= 0.6 is 0 Å². The molecule has 1 aromatic heterocycles. The van der Waals surface area contributed by atoms with Crippen molar-refractivity contribution in [2.24, 2.45) is 0 Å². The average molecular weight is 454 g/mol. The van der Waals surface area contributed by atoms with Gasteiger partial charge in [0.25, 0.3) is 0 Å². The van der Waals surface area contributed by atoms with Crippen molar-refractivity contribution in [3.8, 4) is 11.5 Å². The van der Waals surface area contributed by atoms with E-state index in [2.05, 4.69) is 47.8 Å². The standard InChI is InChI=1S/C29H31N3O2/c1-33-27-16-10-22(11-17-27)8-14-25-20-26(15-9-23-12-18-28(34-2)19-13-23)32-29(31-25)30-21-24-6-4-3-5-7-24/h3-7,10-13,16-20H,8-9,14-15,21H2,1-2H3,(H,30,31,32). The van der Waals surface area contributed by atoms with Crippen LogP contribution in [0, 0.1) is 0 Å². The molecule has 0 fully saturated rings. The molecule has 1 N–H and O–H groups in total. The summed E-state index contributed by atoms with van der Waals surface area (Å²) in [7, 11) is 3.38. The first-order valence-corrected chi connectivity index (χ1v) is 11.6. The largest absolute Gasteiger partial charge is 0.497 e. The van der Waals surface area contributed by atoms with Crippen LogP contribution in [-0.4, -0.2) is 24.2 Å². The van der Waals surface area contributed by atoms with E-state index >= 15 is 0 Å². The Labute approximate surface area is 201 Å². The summed E-state index contributed by atoms with van der Waals surface area (Å²) in [6, 6.07) is 28.9. The van der Waals surface area contributed by atoms with Gasteiger partial charge in [-0.3, -0.25) is 0 Å². The van der Waals surface area contributed by atoms with E-state index in [-0.39, 0.29) is 0 Å². The summed E-state index contributed by atoms with van der Waals surface area (Å²) in [6.45, 7) is 0.695. The zero-order chi connectivity index (χ0) is 23.6. The van der Waals surface area contributed by atoms with Gasteiger partial charge >= 0.3 is 0 Å². The molecule has 34 heavy (non-hydrogen) atoms. The summed E-state index contributed by atoms with van der Waals surface area (Å²) < 4.78 is 10.5. The third-order valence-electron chi connectivity index (χ3n) is 5.78. The molecule has 4 rings (SSSR count). The molecule has 0 unspecified atom stereocenters. The molecule has 174 valence electrons. The summed E-state index contributed by atoms with van der Waals surface area (Å²) in [5.41, 5.74) is 5.82. The van der Waals surface area contributed by atoms with Crippen molar-refractivity contribution in [3.05, 3.63) is 113 Å². The number of hydrogen-bond acceptors (Lipinski definition) is 5. The van der Waals surface area contributed by atoms with Crippen molar-refractivity contribution in [2.45, 2.75) is 32.2 Å². The van der Waals surface area contributed by atoms with Crippen molar-refractivity contribution >= 4 is 5.95 Å². The number of aromatic nitrogens is 2. The van der Waals surface area contributed by atoms with Crippen LogP contribution in [0.3, 0.4) is 0 Å². The highest BCUT2D eigenvalue weighted by Crippen LogP contribution is 2.17. The Bertz CT molecular complexity index is 1090. The lowest BCUT2D eigenvalue weighted by Gasteiger charge is -2.11. The van der Waals surface area contributed by atoms with Crippen LogP contribution in [0.15, 0.2) is 84.9 Å². The highest BCUT2D eigenvalue weighted by Gasteiger charge is 2.07. The van der Waals surface area contributed by atoms with Gasteiger partial charge in [0.05, 0.1) is 14.2 Å². The molecule has 5 nitrogen and oxygen atoms in total. The topological polar surface area (TPSA) is 56.3 Å². The smallest absolute Gasteiger partial charge is 0.223 e. The number of rotatable bonds is 11. The SMILES string of the molecule is COc1ccc(CCc2cc(CCc3ccc(OC)cc3)nc(NCc3ccccc3)n2)cc1. The van der Waals surface area contributed by atoms with Gasteiger partial charge < -0.3 is 14.8 Å². The van der Waals surface area contributed by atoms with Gasteiger partial charge in [-0.2, -0.15) is 0 Å². The van der Waals surface area contributed by atoms with E-state index in [1.54, 1.807) is 14.2 Å². The zero-order valence-corrected chi connectivity index (χ0v) is 19.8. The maximum absolute atomic E-state index is 5.27. The molecule has 3 aromatic carbocycles. The molecule has 1 heterocycles. The van der Waals surface area contributed by atoms with Crippen LogP contribution in [0.4, 0.5) is 5.95 Å². The van der Waals surface area contributed by atoms with Crippen LogP contribution in [0.5, 0.6) is 11.5 Å².